The predicted molar refractivity (Wildman–Crippen MR) is 121 cm³/mol. The van der Waals surface area contributed by atoms with Gasteiger partial charge in [0.2, 0.25) is 0 Å². The van der Waals surface area contributed by atoms with Gasteiger partial charge in [0.1, 0.15) is 5.70 Å². The molecule has 164 valence electrons. The lowest BCUT2D eigenvalue weighted by atomic mass is 10.1. The van der Waals surface area contributed by atoms with Crippen LogP contribution >= 0.6 is 11.3 Å². The maximum atomic E-state index is 13.0. The van der Waals surface area contributed by atoms with Crippen molar-refractivity contribution in [3.8, 4) is 11.5 Å². The molecule has 10 heteroatoms. The third-order valence-corrected chi connectivity index (χ3v) is 5.14. The number of thiophene rings is 1. The summed E-state index contributed by atoms with van der Waals surface area (Å²) in [6, 6.07) is 13.9. The highest BCUT2D eigenvalue weighted by Gasteiger charge is 2.17. The van der Waals surface area contributed by atoms with E-state index in [0.717, 1.165) is 0 Å². The summed E-state index contributed by atoms with van der Waals surface area (Å²) >= 11 is 1.22. The van der Waals surface area contributed by atoms with Crippen LogP contribution in [-0.2, 0) is 4.79 Å². The Morgan fingerprint density at radius 2 is 1.81 bits per heavy atom. The molecule has 0 atom stereocenters. The number of nitro groups is 1. The van der Waals surface area contributed by atoms with Gasteiger partial charge in [0.05, 0.1) is 24.0 Å². The van der Waals surface area contributed by atoms with Crippen LogP contribution in [-0.4, -0.2) is 31.0 Å². The summed E-state index contributed by atoms with van der Waals surface area (Å²) in [5.74, 6) is -0.186. The van der Waals surface area contributed by atoms with Crippen molar-refractivity contribution in [2.75, 3.05) is 19.5 Å². The summed E-state index contributed by atoms with van der Waals surface area (Å²) in [5.41, 5.74) is 0.563. The molecule has 0 saturated carbocycles. The molecule has 0 fully saturated rings. The maximum Gasteiger partial charge on any atom is 0.272 e. The normalized spacial score (nSPS) is 10.9. The van der Waals surface area contributed by atoms with Crippen LogP contribution in [0, 0.1) is 10.1 Å². The Morgan fingerprint density at radius 3 is 2.47 bits per heavy atom. The molecular formula is C22H19N3O6S. The largest absolute Gasteiger partial charge is 0.493 e. The van der Waals surface area contributed by atoms with Gasteiger partial charge in [-0.2, -0.15) is 0 Å². The second kappa shape index (κ2) is 10.2. The highest BCUT2D eigenvalue weighted by Crippen LogP contribution is 2.30. The van der Waals surface area contributed by atoms with E-state index >= 15 is 0 Å². The van der Waals surface area contributed by atoms with Crippen molar-refractivity contribution in [3.63, 3.8) is 0 Å². The van der Waals surface area contributed by atoms with Crippen LogP contribution in [0.4, 0.5) is 11.4 Å². The number of hydrogen-bond acceptors (Lipinski definition) is 7. The van der Waals surface area contributed by atoms with Crippen molar-refractivity contribution in [1.29, 1.82) is 0 Å². The van der Waals surface area contributed by atoms with Gasteiger partial charge in [0.15, 0.2) is 11.5 Å². The predicted octanol–water partition coefficient (Wildman–Crippen LogP) is 4.08. The fraction of sp³-hybridized carbons (Fsp3) is 0.0909. The fourth-order valence-electron chi connectivity index (χ4n) is 2.76. The highest BCUT2D eigenvalue weighted by molar-refractivity contribution is 7.12. The van der Waals surface area contributed by atoms with Gasteiger partial charge in [-0.25, -0.2) is 0 Å². The Morgan fingerprint density at radius 1 is 1.03 bits per heavy atom. The van der Waals surface area contributed by atoms with Gasteiger partial charge in [-0.05, 0) is 35.2 Å². The second-order valence-electron chi connectivity index (χ2n) is 6.37. The molecule has 32 heavy (non-hydrogen) atoms. The Kier molecular flexibility index (Phi) is 7.19. The number of nitrogens with one attached hydrogen (secondary N) is 2. The lowest BCUT2D eigenvalue weighted by Gasteiger charge is -2.13. The van der Waals surface area contributed by atoms with E-state index in [-0.39, 0.29) is 11.4 Å². The topological polar surface area (TPSA) is 120 Å². The molecule has 0 aliphatic heterocycles. The molecular weight excluding hydrogens is 434 g/mol. The number of anilines is 1. The molecule has 1 heterocycles. The number of hydrogen-bond donors (Lipinski definition) is 2. The van der Waals surface area contributed by atoms with Crippen molar-refractivity contribution < 1.29 is 24.0 Å². The number of non-ortho nitro benzene ring substituents is 1. The number of methoxy groups -OCH3 is 2. The van der Waals surface area contributed by atoms with Crippen molar-refractivity contribution in [3.05, 3.63) is 86.2 Å². The maximum absolute atomic E-state index is 13.0. The quantitative estimate of drug-likeness (QED) is 0.301. The van der Waals surface area contributed by atoms with Crippen molar-refractivity contribution in [2.45, 2.75) is 0 Å². The van der Waals surface area contributed by atoms with E-state index in [0.29, 0.717) is 27.6 Å². The van der Waals surface area contributed by atoms with Crippen molar-refractivity contribution in [1.82, 2.24) is 5.32 Å². The Hall–Kier alpha value is -4.18. The van der Waals surface area contributed by atoms with Crippen molar-refractivity contribution >= 4 is 40.6 Å². The first-order valence-corrected chi connectivity index (χ1v) is 10.1. The zero-order valence-electron chi connectivity index (χ0n) is 17.2. The number of carbonyl (C=O) groups excluding carboxylic acids is 2. The average Bonchev–Trinajstić information content (AvgIpc) is 3.34. The lowest BCUT2D eigenvalue weighted by Crippen LogP contribution is -2.30. The minimum atomic E-state index is -0.617. The third-order valence-electron chi connectivity index (χ3n) is 4.27. The Bertz CT molecular complexity index is 1170. The SMILES string of the molecule is COc1ccc(NC(=O)/C(=C/c2cccc([N+](=O)[O-])c2)NC(=O)c2cccs2)cc1OC. The lowest BCUT2D eigenvalue weighted by molar-refractivity contribution is -0.384. The van der Waals surface area contributed by atoms with Gasteiger partial charge in [-0.1, -0.05) is 18.2 Å². The van der Waals surface area contributed by atoms with E-state index < -0.39 is 16.7 Å². The summed E-state index contributed by atoms with van der Waals surface area (Å²) in [6.07, 6.45) is 1.37. The molecule has 0 spiro atoms. The van der Waals surface area contributed by atoms with E-state index in [1.54, 1.807) is 41.8 Å². The monoisotopic (exact) mass is 453 g/mol. The minimum Gasteiger partial charge on any atom is -0.493 e. The molecule has 2 aromatic carbocycles. The second-order valence-corrected chi connectivity index (χ2v) is 7.31. The van der Waals surface area contributed by atoms with E-state index in [2.05, 4.69) is 10.6 Å². The number of amides is 2. The van der Waals surface area contributed by atoms with Gasteiger partial charge in [-0.3, -0.25) is 19.7 Å². The number of benzene rings is 2. The molecule has 9 nitrogen and oxygen atoms in total. The molecule has 0 unspecified atom stereocenters. The first-order valence-electron chi connectivity index (χ1n) is 9.25. The first kappa shape index (κ1) is 22.5. The van der Waals surface area contributed by atoms with Crippen LogP contribution in [0.5, 0.6) is 11.5 Å². The number of nitrogens with zero attached hydrogens (tertiary/aromatic N) is 1. The van der Waals surface area contributed by atoms with E-state index in [1.165, 1.54) is 49.8 Å². The molecule has 3 aromatic rings. The third kappa shape index (κ3) is 5.49. The smallest absolute Gasteiger partial charge is 0.272 e. The van der Waals surface area contributed by atoms with Crippen molar-refractivity contribution in [2.24, 2.45) is 0 Å². The number of ether oxygens (including phenoxy) is 2. The first-order chi connectivity index (χ1) is 15.4. The molecule has 0 aliphatic carbocycles. The Labute approximate surface area is 187 Å². The summed E-state index contributed by atoms with van der Waals surface area (Å²) in [7, 11) is 2.97. The zero-order chi connectivity index (χ0) is 23.1. The van der Waals surface area contributed by atoms with Crippen LogP contribution in [0.2, 0.25) is 0 Å². The number of rotatable bonds is 8. The molecule has 1 aromatic heterocycles. The van der Waals surface area contributed by atoms with Gasteiger partial charge < -0.3 is 20.1 Å². The van der Waals surface area contributed by atoms with Crippen LogP contribution < -0.4 is 20.1 Å². The molecule has 2 N–H and O–H groups in total. The summed E-state index contributed by atoms with van der Waals surface area (Å²) in [4.78, 5) is 36.5. The molecule has 0 radical (unpaired) electrons. The zero-order valence-corrected chi connectivity index (χ0v) is 18.0. The van der Waals surface area contributed by atoms with Crippen LogP contribution in [0.3, 0.4) is 0 Å². The molecule has 0 saturated heterocycles. The summed E-state index contributed by atoms with van der Waals surface area (Å²) in [6.45, 7) is 0. The van der Waals surface area contributed by atoms with Gasteiger partial charge in [-0.15, -0.1) is 11.3 Å². The van der Waals surface area contributed by atoms with Crippen LogP contribution in [0.1, 0.15) is 15.2 Å². The molecule has 0 aliphatic rings. The number of nitro benzene ring substituents is 1. The standard InChI is InChI=1S/C22H19N3O6S/c1-30-18-9-8-15(13-19(18)31-2)23-21(26)17(24-22(27)20-7-4-10-32-20)12-14-5-3-6-16(11-14)25(28)29/h3-13H,1-2H3,(H,23,26)(H,24,27)/b17-12-. The van der Waals surface area contributed by atoms with E-state index in [4.69, 9.17) is 9.47 Å². The average molecular weight is 453 g/mol. The minimum absolute atomic E-state index is 0.0846. The van der Waals surface area contributed by atoms with Gasteiger partial charge in [0.25, 0.3) is 17.5 Å². The van der Waals surface area contributed by atoms with Crippen LogP contribution in [0.25, 0.3) is 6.08 Å². The Balaban J connectivity index is 1.92. The molecule has 0 bridgehead atoms. The summed E-state index contributed by atoms with van der Waals surface area (Å²) < 4.78 is 10.4. The van der Waals surface area contributed by atoms with Gasteiger partial charge >= 0.3 is 0 Å². The molecule has 3 rings (SSSR count). The van der Waals surface area contributed by atoms with E-state index in [1.807, 2.05) is 0 Å². The van der Waals surface area contributed by atoms with Crippen LogP contribution in [0.15, 0.2) is 65.7 Å². The van der Waals surface area contributed by atoms with Gasteiger partial charge in [0, 0.05) is 23.9 Å². The molecule has 2 amide bonds. The highest BCUT2D eigenvalue weighted by atomic mass is 32.1. The number of carbonyl (C=O) groups is 2. The van der Waals surface area contributed by atoms with E-state index in [9.17, 15) is 19.7 Å². The summed E-state index contributed by atoms with van der Waals surface area (Å²) in [5, 5.41) is 18.1. The fourth-order valence-corrected chi connectivity index (χ4v) is 3.38.